The van der Waals surface area contributed by atoms with Gasteiger partial charge in [-0.15, -0.1) is 5.10 Å². The largest absolute Gasteiger partial charge is 0.381 e. The molecule has 2 rings (SSSR count). The van der Waals surface area contributed by atoms with Gasteiger partial charge in [0.25, 0.3) is 0 Å². The Morgan fingerprint density at radius 3 is 3.07 bits per heavy atom. The molecular weight excluding hydrogens is 293 g/mol. The summed E-state index contributed by atoms with van der Waals surface area (Å²) in [6.45, 7) is 0. The van der Waals surface area contributed by atoms with Crippen LogP contribution < -0.4 is 0 Å². The lowest BCUT2D eigenvalue weighted by Crippen LogP contribution is -2.24. The molecule has 5 heteroatoms. The third-order valence-electron chi connectivity index (χ3n) is 2.79. The Balaban J connectivity index is 2.04. The summed E-state index contributed by atoms with van der Waals surface area (Å²) in [5.74, 6) is 0. The maximum Gasteiger partial charge on any atom is 0.211 e. The van der Waals surface area contributed by atoms with Gasteiger partial charge in [0.05, 0.1) is 12.1 Å². The van der Waals surface area contributed by atoms with Crippen LogP contribution in [0, 0.1) is 3.83 Å². The minimum atomic E-state index is 0.399. The van der Waals surface area contributed by atoms with Gasteiger partial charge < -0.3 is 4.74 Å². The van der Waals surface area contributed by atoms with Gasteiger partial charge in [-0.25, -0.2) is 9.67 Å². The highest BCUT2D eigenvalue weighted by Crippen LogP contribution is 2.29. The zero-order valence-electron chi connectivity index (χ0n) is 8.19. The highest BCUT2D eigenvalue weighted by molar-refractivity contribution is 14.1. The highest BCUT2D eigenvalue weighted by atomic mass is 127. The quantitative estimate of drug-likeness (QED) is 0.785. The predicted octanol–water partition coefficient (Wildman–Crippen LogP) is 2.01. The van der Waals surface area contributed by atoms with Gasteiger partial charge in [0.1, 0.15) is 6.33 Å². The first-order valence-electron chi connectivity index (χ1n) is 4.89. The Kier molecular flexibility index (Phi) is 3.38. The van der Waals surface area contributed by atoms with Gasteiger partial charge in [-0.1, -0.05) is 0 Å². The second kappa shape index (κ2) is 4.57. The molecule has 0 N–H and O–H groups in total. The molecule has 1 fully saturated rings. The Morgan fingerprint density at radius 2 is 2.43 bits per heavy atom. The zero-order chi connectivity index (χ0) is 9.97. The normalized spacial score (nSPS) is 27.9. The summed E-state index contributed by atoms with van der Waals surface area (Å²) in [5.41, 5.74) is 0. The van der Waals surface area contributed by atoms with Crippen molar-refractivity contribution in [2.24, 2.45) is 0 Å². The van der Waals surface area contributed by atoms with Gasteiger partial charge >= 0.3 is 0 Å². The SMILES string of the molecule is COC1CCCC(n2cnc(I)n2)C1. The van der Waals surface area contributed by atoms with Crippen molar-refractivity contribution >= 4 is 22.6 Å². The average Bonchev–Trinajstić information content (AvgIpc) is 2.65. The fourth-order valence-electron chi connectivity index (χ4n) is 2.00. The third kappa shape index (κ3) is 2.25. The van der Waals surface area contributed by atoms with E-state index in [4.69, 9.17) is 4.74 Å². The Labute approximate surface area is 97.2 Å². The number of aromatic nitrogens is 3. The van der Waals surface area contributed by atoms with Crippen LogP contribution in [-0.4, -0.2) is 28.0 Å². The predicted molar refractivity (Wildman–Crippen MR) is 61.0 cm³/mol. The lowest BCUT2D eigenvalue weighted by atomic mass is 9.93. The summed E-state index contributed by atoms with van der Waals surface area (Å²) in [5, 5.41) is 4.34. The van der Waals surface area contributed by atoms with Crippen molar-refractivity contribution in [1.29, 1.82) is 0 Å². The van der Waals surface area contributed by atoms with E-state index in [1.165, 1.54) is 19.3 Å². The first kappa shape index (κ1) is 10.4. The van der Waals surface area contributed by atoms with E-state index < -0.39 is 0 Å². The van der Waals surface area contributed by atoms with Gasteiger partial charge in [0, 0.05) is 29.7 Å². The monoisotopic (exact) mass is 307 g/mol. The van der Waals surface area contributed by atoms with Crippen LogP contribution in [0.2, 0.25) is 0 Å². The molecule has 0 saturated heterocycles. The summed E-state index contributed by atoms with van der Waals surface area (Å²) in [6, 6.07) is 0.477. The van der Waals surface area contributed by atoms with Crippen LogP contribution in [-0.2, 0) is 4.74 Å². The molecule has 0 bridgehead atoms. The minimum absolute atomic E-state index is 0.399. The second-order valence-electron chi connectivity index (χ2n) is 3.67. The van der Waals surface area contributed by atoms with Crippen LogP contribution in [0.15, 0.2) is 6.33 Å². The van der Waals surface area contributed by atoms with E-state index in [2.05, 4.69) is 32.7 Å². The van der Waals surface area contributed by atoms with E-state index in [9.17, 15) is 0 Å². The van der Waals surface area contributed by atoms with Crippen LogP contribution in [0.3, 0.4) is 0 Å². The van der Waals surface area contributed by atoms with Gasteiger partial charge in [-0.3, -0.25) is 0 Å². The molecule has 4 nitrogen and oxygen atoms in total. The van der Waals surface area contributed by atoms with Crippen molar-refractivity contribution in [2.75, 3.05) is 7.11 Å². The molecule has 0 radical (unpaired) electrons. The summed E-state index contributed by atoms with van der Waals surface area (Å²) in [7, 11) is 1.79. The van der Waals surface area contributed by atoms with Crippen molar-refractivity contribution in [3.8, 4) is 0 Å². The van der Waals surface area contributed by atoms with E-state index >= 15 is 0 Å². The molecule has 1 saturated carbocycles. The van der Waals surface area contributed by atoms with Crippen molar-refractivity contribution in [3.63, 3.8) is 0 Å². The topological polar surface area (TPSA) is 39.9 Å². The van der Waals surface area contributed by atoms with Crippen LogP contribution in [0.4, 0.5) is 0 Å². The van der Waals surface area contributed by atoms with E-state index in [-0.39, 0.29) is 0 Å². The Bertz CT molecular complexity index is 302. The van der Waals surface area contributed by atoms with Crippen LogP contribution in [0.25, 0.3) is 0 Å². The second-order valence-corrected chi connectivity index (χ2v) is 4.64. The Hall–Kier alpha value is -0.170. The number of rotatable bonds is 2. The summed E-state index contributed by atoms with van der Waals surface area (Å²) in [6.07, 6.45) is 6.88. The fraction of sp³-hybridized carbons (Fsp3) is 0.778. The molecule has 2 atom stereocenters. The maximum absolute atomic E-state index is 5.39. The van der Waals surface area contributed by atoms with Crippen LogP contribution in [0.5, 0.6) is 0 Å². The summed E-state index contributed by atoms with van der Waals surface area (Å²) in [4.78, 5) is 4.14. The number of methoxy groups -OCH3 is 1. The van der Waals surface area contributed by atoms with Crippen LogP contribution >= 0.6 is 22.6 Å². The first-order valence-corrected chi connectivity index (χ1v) is 5.97. The molecule has 78 valence electrons. The molecule has 1 heterocycles. The van der Waals surface area contributed by atoms with E-state index in [1.807, 2.05) is 11.0 Å². The fourth-order valence-corrected chi connectivity index (χ4v) is 2.38. The van der Waals surface area contributed by atoms with Gasteiger partial charge in [-0.05, 0) is 25.7 Å². The number of hydrogen-bond acceptors (Lipinski definition) is 3. The standard InChI is InChI=1S/C9H14IN3O/c1-14-8-4-2-3-7(5-8)13-6-11-9(10)12-13/h6-8H,2-5H2,1H3. The molecule has 0 amide bonds. The van der Waals surface area contributed by atoms with Crippen molar-refractivity contribution in [2.45, 2.75) is 37.8 Å². The lowest BCUT2D eigenvalue weighted by Gasteiger charge is -2.27. The van der Waals surface area contributed by atoms with Crippen molar-refractivity contribution < 1.29 is 4.74 Å². The van der Waals surface area contributed by atoms with Gasteiger partial charge in [-0.2, -0.15) is 0 Å². The van der Waals surface area contributed by atoms with Crippen LogP contribution in [0.1, 0.15) is 31.7 Å². The molecule has 1 aliphatic rings. The highest BCUT2D eigenvalue weighted by Gasteiger charge is 2.23. The van der Waals surface area contributed by atoms with Crippen molar-refractivity contribution in [1.82, 2.24) is 14.8 Å². The molecule has 1 aromatic heterocycles. The summed E-state index contributed by atoms with van der Waals surface area (Å²) >= 11 is 2.14. The maximum atomic E-state index is 5.39. The molecular formula is C9H14IN3O. The molecule has 0 aliphatic heterocycles. The van der Waals surface area contributed by atoms with E-state index in [0.717, 1.165) is 10.3 Å². The number of nitrogens with zero attached hydrogens (tertiary/aromatic N) is 3. The molecule has 1 aromatic rings. The van der Waals surface area contributed by atoms with Gasteiger partial charge in [0.15, 0.2) is 0 Å². The van der Waals surface area contributed by atoms with E-state index in [0.29, 0.717) is 12.1 Å². The first-order chi connectivity index (χ1) is 6.79. The molecule has 14 heavy (non-hydrogen) atoms. The van der Waals surface area contributed by atoms with E-state index in [1.54, 1.807) is 7.11 Å². The van der Waals surface area contributed by atoms with Crippen molar-refractivity contribution in [3.05, 3.63) is 10.2 Å². The number of halogens is 1. The zero-order valence-corrected chi connectivity index (χ0v) is 10.3. The molecule has 0 spiro atoms. The smallest absolute Gasteiger partial charge is 0.211 e. The lowest BCUT2D eigenvalue weighted by molar-refractivity contribution is 0.0507. The summed E-state index contributed by atoms with van der Waals surface area (Å²) < 4.78 is 8.19. The number of hydrogen-bond donors (Lipinski definition) is 0. The Morgan fingerprint density at radius 1 is 1.57 bits per heavy atom. The van der Waals surface area contributed by atoms with Gasteiger partial charge in [0.2, 0.25) is 3.83 Å². The molecule has 2 unspecified atom stereocenters. The molecule has 0 aromatic carbocycles. The molecule has 1 aliphatic carbocycles. The average molecular weight is 307 g/mol. The minimum Gasteiger partial charge on any atom is -0.381 e. The third-order valence-corrected chi connectivity index (χ3v) is 3.28. The number of ether oxygens (including phenoxy) is 1.